The summed E-state index contributed by atoms with van der Waals surface area (Å²) in [6.45, 7) is 12.4. The van der Waals surface area contributed by atoms with Crippen LogP contribution in [0.25, 0.3) is 0 Å². The summed E-state index contributed by atoms with van der Waals surface area (Å²) in [7, 11) is 0. The molecule has 0 radical (unpaired) electrons. The predicted octanol–water partition coefficient (Wildman–Crippen LogP) is 3.46. The number of aliphatic hydroxyl groups is 1. The van der Waals surface area contributed by atoms with Gasteiger partial charge in [-0.1, -0.05) is 6.07 Å². The van der Waals surface area contributed by atoms with E-state index in [0.29, 0.717) is 23.4 Å². The Morgan fingerprint density at radius 1 is 1.14 bits per heavy atom. The van der Waals surface area contributed by atoms with Gasteiger partial charge in [0.15, 0.2) is 0 Å². The predicted molar refractivity (Wildman–Crippen MR) is 107 cm³/mol. The highest BCUT2D eigenvalue weighted by Gasteiger charge is 2.25. The summed E-state index contributed by atoms with van der Waals surface area (Å²) in [5.74, 6) is -0.0939. The Hall–Kier alpha value is -2.32. The molecule has 1 aromatic rings. The Balaban J connectivity index is 3.03. The van der Waals surface area contributed by atoms with Gasteiger partial charge >= 0.3 is 12.1 Å². The summed E-state index contributed by atoms with van der Waals surface area (Å²) in [6, 6.07) is 5.04. The van der Waals surface area contributed by atoms with E-state index >= 15 is 0 Å². The zero-order valence-electron chi connectivity index (χ0n) is 18.3. The molecule has 0 aromatic heterocycles. The Kier molecular flexibility index (Phi) is 8.91. The Labute approximate surface area is 172 Å². The molecule has 0 spiro atoms. The van der Waals surface area contributed by atoms with E-state index in [1.165, 1.54) is 6.92 Å². The molecule has 29 heavy (non-hydrogen) atoms. The molecule has 0 fully saturated rings. The van der Waals surface area contributed by atoms with Gasteiger partial charge in [0.2, 0.25) is 6.79 Å². The van der Waals surface area contributed by atoms with Gasteiger partial charge < -0.3 is 29.4 Å². The SMILES string of the molecule is CC(=O)OCOc1ccc(C(CNC(C)(C)C)OC(=O)OC(C)(C)C)cc1CO. The Morgan fingerprint density at radius 3 is 2.31 bits per heavy atom. The van der Waals surface area contributed by atoms with Crippen molar-refractivity contribution in [1.82, 2.24) is 5.32 Å². The molecule has 0 aliphatic rings. The number of benzene rings is 1. The molecule has 1 unspecified atom stereocenters. The molecule has 0 aliphatic carbocycles. The van der Waals surface area contributed by atoms with Crippen molar-refractivity contribution in [3.63, 3.8) is 0 Å². The second-order valence-corrected chi connectivity index (χ2v) is 8.63. The van der Waals surface area contributed by atoms with Crippen molar-refractivity contribution in [2.75, 3.05) is 13.3 Å². The zero-order valence-corrected chi connectivity index (χ0v) is 18.3. The van der Waals surface area contributed by atoms with Gasteiger partial charge in [0, 0.05) is 24.6 Å². The zero-order chi connectivity index (χ0) is 22.2. The molecule has 8 nitrogen and oxygen atoms in total. The Morgan fingerprint density at radius 2 is 1.79 bits per heavy atom. The van der Waals surface area contributed by atoms with Crippen molar-refractivity contribution in [3.8, 4) is 5.75 Å². The highest BCUT2D eigenvalue weighted by atomic mass is 16.7. The van der Waals surface area contributed by atoms with Gasteiger partial charge in [-0.05, 0) is 59.2 Å². The van der Waals surface area contributed by atoms with Crippen LogP contribution < -0.4 is 10.1 Å². The van der Waals surface area contributed by atoms with Crippen LogP contribution in [0.3, 0.4) is 0 Å². The summed E-state index contributed by atoms with van der Waals surface area (Å²) in [5.41, 5.74) is 0.270. The largest absolute Gasteiger partial charge is 0.509 e. The first kappa shape index (κ1) is 24.7. The summed E-state index contributed by atoms with van der Waals surface area (Å²) < 4.78 is 21.0. The molecule has 0 bridgehead atoms. The van der Waals surface area contributed by atoms with Crippen LogP contribution in [0.2, 0.25) is 0 Å². The minimum atomic E-state index is -0.779. The van der Waals surface area contributed by atoms with Gasteiger partial charge in [-0.25, -0.2) is 4.79 Å². The van der Waals surface area contributed by atoms with Crippen LogP contribution in [0.4, 0.5) is 4.79 Å². The first-order chi connectivity index (χ1) is 13.3. The number of ether oxygens (including phenoxy) is 4. The van der Waals surface area contributed by atoms with Crippen molar-refractivity contribution in [3.05, 3.63) is 29.3 Å². The molecule has 1 aromatic carbocycles. The summed E-state index contributed by atoms with van der Waals surface area (Å²) in [6.07, 6.45) is -1.42. The fourth-order valence-electron chi connectivity index (χ4n) is 2.26. The fraction of sp³-hybridized carbons (Fsp3) is 0.619. The van der Waals surface area contributed by atoms with Crippen LogP contribution in [0, 0.1) is 0 Å². The maximum atomic E-state index is 12.2. The van der Waals surface area contributed by atoms with Crippen molar-refractivity contribution < 1.29 is 33.6 Å². The van der Waals surface area contributed by atoms with E-state index in [-0.39, 0.29) is 18.9 Å². The smallest absolute Gasteiger partial charge is 0.457 e. The maximum Gasteiger partial charge on any atom is 0.509 e. The third-order valence-electron chi connectivity index (χ3n) is 3.55. The quantitative estimate of drug-likeness (QED) is 0.495. The molecule has 0 aliphatic heterocycles. The van der Waals surface area contributed by atoms with Crippen LogP contribution in [0.15, 0.2) is 18.2 Å². The number of rotatable bonds is 8. The van der Waals surface area contributed by atoms with Crippen LogP contribution in [0.5, 0.6) is 5.75 Å². The second kappa shape index (κ2) is 10.5. The average molecular weight is 411 g/mol. The van der Waals surface area contributed by atoms with E-state index in [2.05, 4.69) is 5.32 Å². The minimum absolute atomic E-state index is 0.192. The standard InChI is InChI=1S/C21H33NO7/c1-14(24)26-13-27-17-9-8-15(10-16(17)12-23)18(11-22-20(2,3)4)28-19(25)29-21(5,6)7/h8-10,18,22-23H,11-13H2,1-7H3. The monoisotopic (exact) mass is 411 g/mol. The molecule has 0 saturated heterocycles. The number of carbonyl (C=O) groups is 2. The number of aliphatic hydroxyl groups excluding tert-OH is 1. The molecule has 164 valence electrons. The van der Waals surface area contributed by atoms with E-state index in [4.69, 9.17) is 18.9 Å². The third-order valence-corrected chi connectivity index (χ3v) is 3.55. The van der Waals surface area contributed by atoms with Gasteiger partial charge in [-0.15, -0.1) is 0 Å². The lowest BCUT2D eigenvalue weighted by molar-refractivity contribution is -0.147. The van der Waals surface area contributed by atoms with Crippen LogP contribution in [0.1, 0.15) is 65.7 Å². The van der Waals surface area contributed by atoms with Gasteiger partial charge in [0.05, 0.1) is 6.61 Å². The molecule has 1 rings (SSSR count). The van der Waals surface area contributed by atoms with Crippen LogP contribution in [-0.2, 0) is 25.6 Å². The molecule has 0 saturated carbocycles. The molecular formula is C21H33NO7. The number of nitrogens with one attached hydrogen (secondary N) is 1. The molecule has 0 heterocycles. The third kappa shape index (κ3) is 10.1. The van der Waals surface area contributed by atoms with Crippen molar-refractivity contribution in [2.24, 2.45) is 0 Å². The average Bonchev–Trinajstić information content (AvgIpc) is 2.56. The summed E-state index contributed by atoms with van der Waals surface area (Å²) >= 11 is 0. The van der Waals surface area contributed by atoms with E-state index in [0.717, 1.165) is 0 Å². The molecule has 8 heteroatoms. The number of carbonyl (C=O) groups excluding carboxylic acids is 2. The van der Waals surface area contributed by atoms with Crippen molar-refractivity contribution in [2.45, 2.75) is 72.3 Å². The summed E-state index contributed by atoms with van der Waals surface area (Å²) in [5, 5.41) is 13.0. The molecule has 0 amide bonds. The lowest BCUT2D eigenvalue weighted by atomic mass is 10.0. The van der Waals surface area contributed by atoms with Crippen molar-refractivity contribution in [1.29, 1.82) is 0 Å². The van der Waals surface area contributed by atoms with E-state index in [9.17, 15) is 14.7 Å². The highest BCUT2D eigenvalue weighted by molar-refractivity contribution is 5.65. The van der Waals surface area contributed by atoms with Crippen molar-refractivity contribution >= 4 is 12.1 Å². The van der Waals surface area contributed by atoms with Gasteiger partial charge in [-0.2, -0.15) is 0 Å². The number of hydrogen-bond acceptors (Lipinski definition) is 8. The van der Waals surface area contributed by atoms with Crippen LogP contribution in [-0.4, -0.2) is 41.7 Å². The molecular weight excluding hydrogens is 378 g/mol. The summed E-state index contributed by atoms with van der Waals surface area (Å²) in [4.78, 5) is 23.1. The second-order valence-electron chi connectivity index (χ2n) is 8.63. The van der Waals surface area contributed by atoms with Gasteiger partial charge in [0.25, 0.3) is 0 Å². The molecule has 2 N–H and O–H groups in total. The minimum Gasteiger partial charge on any atom is -0.457 e. The first-order valence-electron chi connectivity index (χ1n) is 9.45. The van der Waals surface area contributed by atoms with Gasteiger partial charge in [0.1, 0.15) is 17.5 Å². The fourth-order valence-corrected chi connectivity index (χ4v) is 2.26. The normalized spacial score (nSPS) is 12.8. The maximum absolute atomic E-state index is 12.2. The van der Waals surface area contributed by atoms with E-state index in [1.54, 1.807) is 39.0 Å². The lowest BCUT2D eigenvalue weighted by Gasteiger charge is -2.27. The Bertz CT molecular complexity index is 689. The van der Waals surface area contributed by atoms with E-state index in [1.807, 2.05) is 20.8 Å². The number of hydrogen-bond donors (Lipinski definition) is 2. The van der Waals surface area contributed by atoms with Gasteiger partial charge in [-0.3, -0.25) is 4.79 Å². The molecule has 1 atom stereocenters. The topological polar surface area (TPSA) is 103 Å². The van der Waals surface area contributed by atoms with E-state index < -0.39 is 23.8 Å². The first-order valence-corrected chi connectivity index (χ1v) is 9.45. The lowest BCUT2D eigenvalue weighted by Crippen LogP contribution is -2.39. The highest BCUT2D eigenvalue weighted by Crippen LogP contribution is 2.27. The number of esters is 1. The van der Waals surface area contributed by atoms with Crippen LogP contribution >= 0.6 is 0 Å².